The summed E-state index contributed by atoms with van der Waals surface area (Å²) < 4.78 is 5.45. The number of carboxylic acids is 1. The highest BCUT2D eigenvalue weighted by Gasteiger charge is 2.29. The Morgan fingerprint density at radius 2 is 2.21 bits per heavy atom. The van der Waals surface area contributed by atoms with Gasteiger partial charge in [-0.1, -0.05) is 0 Å². The van der Waals surface area contributed by atoms with Gasteiger partial charge in [0.15, 0.2) is 0 Å². The molecule has 2 fully saturated rings. The first-order valence-corrected chi connectivity index (χ1v) is 6.95. The summed E-state index contributed by atoms with van der Waals surface area (Å²) in [6, 6.07) is -0.148. The molecule has 0 radical (unpaired) electrons. The quantitative estimate of drug-likeness (QED) is 0.799. The summed E-state index contributed by atoms with van der Waals surface area (Å²) in [6.07, 6.45) is 2.58. The molecule has 3 atom stereocenters. The molecule has 6 heteroatoms. The number of carboxylic acid groups (broad SMARTS) is 1. The number of piperidine rings is 1. The van der Waals surface area contributed by atoms with E-state index in [-0.39, 0.29) is 12.1 Å². The van der Waals surface area contributed by atoms with E-state index in [1.54, 1.807) is 4.90 Å². The number of carbonyl (C=O) groups excluding carboxylic acids is 1. The Morgan fingerprint density at radius 3 is 2.84 bits per heavy atom. The van der Waals surface area contributed by atoms with Crippen molar-refractivity contribution in [3.8, 4) is 0 Å². The molecule has 6 nitrogen and oxygen atoms in total. The van der Waals surface area contributed by atoms with Crippen LogP contribution in [-0.2, 0) is 9.53 Å². The molecule has 0 bridgehead atoms. The number of nitrogens with one attached hydrogen (secondary N) is 1. The fourth-order valence-corrected chi connectivity index (χ4v) is 2.74. The monoisotopic (exact) mass is 270 g/mol. The molecule has 2 aliphatic rings. The van der Waals surface area contributed by atoms with Gasteiger partial charge in [-0.15, -0.1) is 0 Å². The van der Waals surface area contributed by atoms with Gasteiger partial charge in [-0.3, -0.25) is 4.79 Å². The van der Waals surface area contributed by atoms with E-state index >= 15 is 0 Å². The van der Waals surface area contributed by atoms with E-state index in [0.717, 1.165) is 19.4 Å². The summed E-state index contributed by atoms with van der Waals surface area (Å²) in [5.41, 5.74) is 0. The second-order valence-electron chi connectivity index (χ2n) is 5.43. The number of aliphatic carboxylic acids is 1. The van der Waals surface area contributed by atoms with Gasteiger partial charge in [0.1, 0.15) is 0 Å². The SMILES string of the molecule is CC1OCCC1CNC(=O)N1CCC[C@@H](C(=O)O)C1. The van der Waals surface area contributed by atoms with Gasteiger partial charge in [-0.25, -0.2) is 4.79 Å². The van der Waals surface area contributed by atoms with Crippen molar-refractivity contribution in [3.05, 3.63) is 0 Å². The maximum atomic E-state index is 12.0. The van der Waals surface area contributed by atoms with Crippen LogP contribution in [0, 0.1) is 11.8 Å². The fourth-order valence-electron chi connectivity index (χ4n) is 2.74. The smallest absolute Gasteiger partial charge is 0.317 e. The van der Waals surface area contributed by atoms with E-state index < -0.39 is 11.9 Å². The molecule has 2 aliphatic heterocycles. The Balaban J connectivity index is 1.77. The summed E-state index contributed by atoms with van der Waals surface area (Å²) in [4.78, 5) is 24.6. The number of urea groups is 1. The highest BCUT2D eigenvalue weighted by Crippen LogP contribution is 2.20. The zero-order valence-corrected chi connectivity index (χ0v) is 11.3. The van der Waals surface area contributed by atoms with Gasteiger partial charge >= 0.3 is 12.0 Å². The first kappa shape index (κ1) is 14.1. The van der Waals surface area contributed by atoms with Gasteiger partial charge in [0.2, 0.25) is 0 Å². The topological polar surface area (TPSA) is 78.9 Å². The Bertz CT molecular complexity index is 348. The highest BCUT2D eigenvalue weighted by atomic mass is 16.5. The van der Waals surface area contributed by atoms with Gasteiger partial charge < -0.3 is 20.1 Å². The molecule has 0 aromatic rings. The van der Waals surface area contributed by atoms with Crippen molar-refractivity contribution in [2.75, 3.05) is 26.2 Å². The molecule has 2 amide bonds. The summed E-state index contributed by atoms with van der Waals surface area (Å²) in [7, 11) is 0. The van der Waals surface area contributed by atoms with Gasteiger partial charge in [0.25, 0.3) is 0 Å². The molecule has 0 aromatic carbocycles. The molecule has 19 heavy (non-hydrogen) atoms. The maximum Gasteiger partial charge on any atom is 0.317 e. The van der Waals surface area contributed by atoms with Gasteiger partial charge in [-0.2, -0.15) is 0 Å². The van der Waals surface area contributed by atoms with Crippen LogP contribution >= 0.6 is 0 Å². The second-order valence-corrected chi connectivity index (χ2v) is 5.43. The van der Waals surface area contributed by atoms with Crippen LogP contribution in [0.2, 0.25) is 0 Å². The standard InChI is InChI=1S/C13H22N2O4/c1-9-10(4-6-19-9)7-14-13(18)15-5-2-3-11(8-15)12(16)17/h9-11H,2-8H2,1H3,(H,14,18)(H,16,17)/t9?,10?,11-/m1/s1. The fraction of sp³-hybridized carbons (Fsp3) is 0.846. The number of ether oxygens (including phenoxy) is 1. The van der Waals surface area contributed by atoms with Crippen LogP contribution in [0.5, 0.6) is 0 Å². The minimum atomic E-state index is -0.810. The minimum Gasteiger partial charge on any atom is -0.481 e. The maximum absolute atomic E-state index is 12.0. The summed E-state index contributed by atoms with van der Waals surface area (Å²) in [5, 5.41) is 11.9. The molecule has 0 spiro atoms. The molecular weight excluding hydrogens is 248 g/mol. The zero-order chi connectivity index (χ0) is 13.8. The van der Waals surface area contributed by atoms with E-state index in [2.05, 4.69) is 5.32 Å². The third-order valence-corrected chi connectivity index (χ3v) is 4.11. The Labute approximate surface area is 113 Å². The molecule has 2 rings (SSSR count). The molecule has 0 aromatic heterocycles. The molecule has 2 saturated heterocycles. The predicted molar refractivity (Wildman–Crippen MR) is 68.9 cm³/mol. The van der Waals surface area contributed by atoms with Crippen LogP contribution in [-0.4, -0.2) is 54.4 Å². The van der Waals surface area contributed by atoms with Gasteiger partial charge in [0.05, 0.1) is 12.0 Å². The van der Waals surface area contributed by atoms with E-state index in [0.29, 0.717) is 32.0 Å². The van der Waals surface area contributed by atoms with Crippen LogP contribution in [0.15, 0.2) is 0 Å². The molecule has 108 valence electrons. The first-order chi connectivity index (χ1) is 9.08. The normalized spacial score (nSPS) is 31.2. The molecule has 0 saturated carbocycles. The summed E-state index contributed by atoms with van der Waals surface area (Å²) in [6.45, 7) is 4.34. The Hall–Kier alpha value is -1.30. The largest absolute Gasteiger partial charge is 0.481 e. The van der Waals surface area contributed by atoms with Gasteiger partial charge in [0, 0.05) is 32.2 Å². The van der Waals surface area contributed by atoms with Crippen LogP contribution < -0.4 is 5.32 Å². The molecular formula is C13H22N2O4. The molecule has 2 N–H and O–H groups in total. The van der Waals surface area contributed by atoms with Crippen molar-refractivity contribution < 1.29 is 19.4 Å². The van der Waals surface area contributed by atoms with Crippen molar-refractivity contribution >= 4 is 12.0 Å². The predicted octanol–water partition coefficient (Wildman–Crippen LogP) is 0.918. The lowest BCUT2D eigenvalue weighted by atomic mass is 9.98. The highest BCUT2D eigenvalue weighted by molar-refractivity contribution is 5.76. The number of amides is 2. The summed E-state index contributed by atoms with van der Waals surface area (Å²) in [5.74, 6) is -0.868. The Kier molecular flexibility index (Phi) is 4.63. The van der Waals surface area contributed by atoms with E-state index in [9.17, 15) is 9.59 Å². The van der Waals surface area contributed by atoms with E-state index in [1.807, 2.05) is 6.92 Å². The van der Waals surface area contributed by atoms with Crippen molar-refractivity contribution in [3.63, 3.8) is 0 Å². The minimum absolute atomic E-state index is 0.148. The third-order valence-electron chi connectivity index (χ3n) is 4.11. The second kappa shape index (κ2) is 6.23. The lowest BCUT2D eigenvalue weighted by Crippen LogP contribution is -2.48. The van der Waals surface area contributed by atoms with E-state index in [1.165, 1.54) is 0 Å². The Morgan fingerprint density at radius 1 is 1.42 bits per heavy atom. The number of nitrogens with zero attached hydrogens (tertiary/aromatic N) is 1. The number of rotatable bonds is 3. The third kappa shape index (κ3) is 3.59. The number of likely N-dealkylation sites (tertiary alicyclic amines) is 1. The van der Waals surface area contributed by atoms with Gasteiger partial charge in [-0.05, 0) is 26.2 Å². The number of hydrogen-bond donors (Lipinski definition) is 2. The van der Waals surface area contributed by atoms with Crippen molar-refractivity contribution in [1.82, 2.24) is 10.2 Å². The molecule has 2 unspecified atom stereocenters. The lowest BCUT2D eigenvalue weighted by molar-refractivity contribution is -0.143. The summed E-state index contributed by atoms with van der Waals surface area (Å²) >= 11 is 0. The zero-order valence-electron chi connectivity index (χ0n) is 11.3. The average molecular weight is 270 g/mol. The van der Waals surface area contributed by atoms with Crippen LogP contribution in [0.3, 0.4) is 0 Å². The molecule has 2 heterocycles. The van der Waals surface area contributed by atoms with Crippen LogP contribution in [0.1, 0.15) is 26.2 Å². The average Bonchev–Trinajstić information content (AvgIpc) is 2.81. The molecule has 0 aliphatic carbocycles. The van der Waals surface area contributed by atoms with Crippen molar-refractivity contribution in [2.24, 2.45) is 11.8 Å². The number of carbonyl (C=O) groups is 2. The number of hydrogen-bond acceptors (Lipinski definition) is 3. The van der Waals surface area contributed by atoms with Crippen molar-refractivity contribution in [2.45, 2.75) is 32.3 Å². The first-order valence-electron chi connectivity index (χ1n) is 6.95. The van der Waals surface area contributed by atoms with Crippen LogP contribution in [0.4, 0.5) is 4.79 Å². The lowest BCUT2D eigenvalue weighted by Gasteiger charge is -2.31. The van der Waals surface area contributed by atoms with Crippen molar-refractivity contribution in [1.29, 1.82) is 0 Å². The van der Waals surface area contributed by atoms with Crippen LogP contribution in [0.25, 0.3) is 0 Å². The van der Waals surface area contributed by atoms with E-state index in [4.69, 9.17) is 9.84 Å².